The molecule has 19 heavy (non-hydrogen) atoms. The highest BCUT2D eigenvalue weighted by Crippen LogP contribution is 2.30. The minimum atomic E-state index is -0.222. The molecule has 2 rings (SSSR count). The van der Waals surface area contributed by atoms with Crippen LogP contribution in [0.25, 0.3) is 0 Å². The van der Waals surface area contributed by atoms with Crippen LogP contribution in [0.1, 0.15) is 27.0 Å². The van der Waals surface area contributed by atoms with Gasteiger partial charge in [0.05, 0.1) is 15.1 Å². The first kappa shape index (κ1) is 14.4. The molecule has 0 unspecified atom stereocenters. The molecule has 0 atom stereocenters. The van der Waals surface area contributed by atoms with Crippen molar-refractivity contribution in [2.75, 3.05) is 0 Å². The van der Waals surface area contributed by atoms with E-state index in [-0.39, 0.29) is 10.8 Å². The maximum atomic E-state index is 12.5. The van der Waals surface area contributed by atoms with Crippen LogP contribution in [0.15, 0.2) is 30.3 Å². The molecule has 0 aliphatic carbocycles. The molecule has 0 aliphatic heterocycles. The van der Waals surface area contributed by atoms with Crippen LogP contribution in [-0.4, -0.2) is 5.78 Å². The second-order valence-electron chi connectivity index (χ2n) is 4.35. The van der Waals surface area contributed by atoms with E-state index in [0.717, 1.165) is 11.1 Å². The molecular formula is C15H11Cl3O. The molecule has 1 nitrogen and oxygen atoms in total. The molecule has 0 N–H and O–H groups in total. The Balaban J connectivity index is 2.56. The third-order valence-electron chi connectivity index (χ3n) is 3.02. The first-order chi connectivity index (χ1) is 8.91. The van der Waals surface area contributed by atoms with Crippen LogP contribution in [0.4, 0.5) is 0 Å². The number of hydrogen-bond acceptors (Lipinski definition) is 1. The lowest BCUT2D eigenvalue weighted by atomic mass is 9.99. The van der Waals surface area contributed by atoms with E-state index in [0.29, 0.717) is 21.2 Å². The van der Waals surface area contributed by atoms with Gasteiger partial charge in [-0.2, -0.15) is 0 Å². The maximum Gasteiger partial charge on any atom is 0.196 e. The zero-order valence-corrected chi connectivity index (χ0v) is 12.7. The molecule has 4 heteroatoms. The predicted molar refractivity (Wildman–Crippen MR) is 80.8 cm³/mol. The van der Waals surface area contributed by atoms with Gasteiger partial charge in [0.25, 0.3) is 0 Å². The van der Waals surface area contributed by atoms with E-state index in [4.69, 9.17) is 34.8 Å². The van der Waals surface area contributed by atoms with Crippen molar-refractivity contribution in [3.8, 4) is 0 Å². The zero-order chi connectivity index (χ0) is 14.2. The predicted octanol–water partition coefficient (Wildman–Crippen LogP) is 5.49. The summed E-state index contributed by atoms with van der Waals surface area (Å²) in [6.45, 7) is 3.88. The highest BCUT2D eigenvalue weighted by molar-refractivity contribution is 6.45. The van der Waals surface area contributed by atoms with Gasteiger partial charge < -0.3 is 0 Å². The fraction of sp³-hybridized carbons (Fsp3) is 0.133. The lowest BCUT2D eigenvalue weighted by Crippen LogP contribution is -2.04. The van der Waals surface area contributed by atoms with Crippen LogP contribution in [-0.2, 0) is 0 Å². The van der Waals surface area contributed by atoms with Gasteiger partial charge in [0.1, 0.15) is 0 Å². The highest BCUT2D eigenvalue weighted by Gasteiger charge is 2.18. The monoisotopic (exact) mass is 312 g/mol. The largest absolute Gasteiger partial charge is 0.288 e. The summed E-state index contributed by atoms with van der Waals surface area (Å²) in [6.07, 6.45) is 0. The Morgan fingerprint density at radius 2 is 1.53 bits per heavy atom. The molecule has 0 aromatic heterocycles. The number of carbonyl (C=O) groups is 1. The van der Waals surface area contributed by atoms with E-state index in [2.05, 4.69) is 0 Å². The summed E-state index contributed by atoms with van der Waals surface area (Å²) < 4.78 is 0. The zero-order valence-electron chi connectivity index (χ0n) is 10.4. The standard InChI is InChI=1S/C15H11Cl3O/c1-8-6-11(13(17)7-9(8)2)15(19)10-4-3-5-12(16)14(10)18/h3-7H,1-2H3. The Bertz CT molecular complexity index is 663. The molecule has 98 valence electrons. The van der Waals surface area contributed by atoms with Gasteiger partial charge in [-0.1, -0.05) is 40.9 Å². The van der Waals surface area contributed by atoms with E-state index >= 15 is 0 Å². The number of hydrogen-bond donors (Lipinski definition) is 0. The number of ketones is 1. The number of halogens is 3. The van der Waals surface area contributed by atoms with Gasteiger partial charge in [-0.05, 0) is 49.2 Å². The molecule has 0 spiro atoms. The van der Waals surface area contributed by atoms with Crippen molar-refractivity contribution in [3.63, 3.8) is 0 Å². The van der Waals surface area contributed by atoms with Crippen LogP contribution in [0, 0.1) is 13.8 Å². The average Bonchev–Trinajstić information content (AvgIpc) is 2.36. The van der Waals surface area contributed by atoms with Gasteiger partial charge in [0.15, 0.2) is 5.78 Å². The van der Waals surface area contributed by atoms with E-state index in [1.807, 2.05) is 13.8 Å². The fourth-order valence-electron chi connectivity index (χ4n) is 1.78. The van der Waals surface area contributed by atoms with E-state index < -0.39 is 0 Å². The van der Waals surface area contributed by atoms with Crippen molar-refractivity contribution in [2.45, 2.75) is 13.8 Å². The molecule has 0 bridgehead atoms. The van der Waals surface area contributed by atoms with Gasteiger partial charge in [-0.3, -0.25) is 4.79 Å². The average molecular weight is 314 g/mol. The maximum absolute atomic E-state index is 12.5. The summed E-state index contributed by atoms with van der Waals surface area (Å²) in [5, 5.41) is 1.03. The smallest absolute Gasteiger partial charge is 0.196 e. The summed E-state index contributed by atoms with van der Waals surface area (Å²) in [5.74, 6) is -0.222. The second-order valence-corrected chi connectivity index (χ2v) is 5.54. The topological polar surface area (TPSA) is 17.1 Å². The Morgan fingerprint density at radius 3 is 2.21 bits per heavy atom. The Morgan fingerprint density at radius 1 is 0.895 bits per heavy atom. The Labute approximate surface area is 127 Å². The first-order valence-corrected chi connectivity index (χ1v) is 6.80. The molecule has 2 aromatic rings. The van der Waals surface area contributed by atoms with Crippen LogP contribution >= 0.6 is 34.8 Å². The molecular weight excluding hydrogens is 303 g/mol. The third-order valence-corrected chi connectivity index (χ3v) is 4.16. The molecule has 0 fully saturated rings. The quantitative estimate of drug-likeness (QED) is 0.670. The second kappa shape index (κ2) is 5.54. The lowest BCUT2D eigenvalue weighted by molar-refractivity contribution is 0.103. The van der Waals surface area contributed by atoms with Gasteiger partial charge in [0, 0.05) is 11.1 Å². The van der Waals surface area contributed by atoms with E-state index in [1.54, 1.807) is 30.3 Å². The number of benzene rings is 2. The SMILES string of the molecule is Cc1cc(Cl)c(C(=O)c2cccc(Cl)c2Cl)cc1C. The van der Waals surface area contributed by atoms with Crippen molar-refractivity contribution in [1.82, 2.24) is 0 Å². The van der Waals surface area contributed by atoms with Gasteiger partial charge in [-0.25, -0.2) is 0 Å². The summed E-state index contributed by atoms with van der Waals surface area (Å²) in [4.78, 5) is 12.5. The molecule has 0 radical (unpaired) electrons. The van der Waals surface area contributed by atoms with Crippen LogP contribution < -0.4 is 0 Å². The van der Waals surface area contributed by atoms with E-state index in [1.165, 1.54) is 0 Å². The molecule has 2 aromatic carbocycles. The third kappa shape index (κ3) is 2.79. The molecule has 0 saturated heterocycles. The summed E-state index contributed by atoms with van der Waals surface area (Å²) in [5.41, 5.74) is 2.85. The molecule has 0 heterocycles. The molecule has 0 saturated carbocycles. The summed E-state index contributed by atoms with van der Waals surface area (Å²) in [6, 6.07) is 8.53. The number of rotatable bonds is 2. The van der Waals surface area contributed by atoms with Crippen molar-refractivity contribution in [2.24, 2.45) is 0 Å². The Hall–Kier alpha value is -1.02. The minimum Gasteiger partial charge on any atom is -0.288 e. The molecule has 0 aliphatic rings. The van der Waals surface area contributed by atoms with E-state index in [9.17, 15) is 4.79 Å². The van der Waals surface area contributed by atoms with Gasteiger partial charge in [0.2, 0.25) is 0 Å². The van der Waals surface area contributed by atoms with Crippen LogP contribution in [0.2, 0.25) is 15.1 Å². The number of aryl methyl sites for hydroxylation is 2. The van der Waals surface area contributed by atoms with Crippen molar-refractivity contribution < 1.29 is 4.79 Å². The minimum absolute atomic E-state index is 0.222. The van der Waals surface area contributed by atoms with Crippen LogP contribution in [0.5, 0.6) is 0 Å². The first-order valence-electron chi connectivity index (χ1n) is 5.67. The Kier molecular flexibility index (Phi) is 4.19. The van der Waals surface area contributed by atoms with Gasteiger partial charge in [-0.15, -0.1) is 0 Å². The number of carbonyl (C=O) groups excluding carboxylic acids is 1. The lowest BCUT2D eigenvalue weighted by Gasteiger charge is -2.09. The van der Waals surface area contributed by atoms with Crippen molar-refractivity contribution in [1.29, 1.82) is 0 Å². The normalized spacial score (nSPS) is 10.6. The summed E-state index contributed by atoms with van der Waals surface area (Å²) in [7, 11) is 0. The highest BCUT2D eigenvalue weighted by atomic mass is 35.5. The van der Waals surface area contributed by atoms with Gasteiger partial charge >= 0.3 is 0 Å². The van der Waals surface area contributed by atoms with Crippen molar-refractivity contribution >= 4 is 40.6 Å². The fourth-order valence-corrected chi connectivity index (χ4v) is 2.47. The van der Waals surface area contributed by atoms with Crippen molar-refractivity contribution in [3.05, 3.63) is 67.7 Å². The van der Waals surface area contributed by atoms with Crippen LogP contribution in [0.3, 0.4) is 0 Å². The molecule has 0 amide bonds. The summed E-state index contributed by atoms with van der Waals surface area (Å²) >= 11 is 18.1.